The second kappa shape index (κ2) is 6.38. The second-order valence-electron chi connectivity index (χ2n) is 8.07. The highest BCUT2D eigenvalue weighted by Crippen LogP contribution is 2.39. The number of rotatable bonds is 3. The fourth-order valence-electron chi connectivity index (χ4n) is 4.04. The molecule has 2 N–H and O–H groups in total. The topological polar surface area (TPSA) is 89.2 Å². The third-order valence-corrected chi connectivity index (χ3v) is 5.57. The summed E-state index contributed by atoms with van der Waals surface area (Å²) in [6.07, 6.45) is 6.33. The Kier molecular flexibility index (Phi) is 3.89. The summed E-state index contributed by atoms with van der Waals surface area (Å²) < 4.78 is 7.83. The molecule has 5 rings (SSSR count). The molecule has 7 nitrogen and oxygen atoms in total. The van der Waals surface area contributed by atoms with Crippen molar-refractivity contribution in [1.82, 2.24) is 14.3 Å². The molecule has 1 aliphatic rings. The summed E-state index contributed by atoms with van der Waals surface area (Å²) in [4.78, 5) is 28.7. The maximum absolute atomic E-state index is 12.9. The van der Waals surface area contributed by atoms with E-state index < -0.39 is 16.9 Å². The molecule has 0 unspecified atom stereocenters. The molecule has 0 atom stereocenters. The Morgan fingerprint density at radius 3 is 2.77 bits per heavy atom. The SMILES string of the molecule is CC1(C)C=Cc2c(CCn3c(=O)c4ccccc4n(O)c3=O)cc3[nH]ccc3c2O1. The minimum absolute atomic E-state index is 0.138. The van der Waals surface area contributed by atoms with Gasteiger partial charge in [0.1, 0.15) is 11.4 Å². The predicted octanol–water partition coefficient (Wildman–Crippen LogP) is 3.31. The van der Waals surface area contributed by atoms with E-state index >= 15 is 0 Å². The van der Waals surface area contributed by atoms with Crippen molar-refractivity contribution >= 4 is 27.9 Å². The number of para-hydroxylation sites is 1. The lowest BCUT2D eigenvalue weighted by Crippen LogP contribution is -2.39. The van der Waals surface area contributed by atoms with E-state index in [0.29, 0.717) is 16.5 Å². The van der Waals surface area contributed by atoms with Crippen LogP contribution in [0.2, 0.25) is 0 Å². The number of H-pyrrole nitrogens is 1. The number of hydrogen-bond donors (Lipinski definition) is 2. The zero-order chi connectivity index (χ0) is 21.0. The molecule has 0 fully saturated rings. The fourth-order valence-corrected chi connectivity index (χ4v) is 4.04. The summed E-state index contributed by atoms with van der Waals surface area (Å²) in [6, 6.07) is 10.5. The minimum atomic E-state index is -0.749. The molecule has 0 spiro atoms. The summed E-state index contributed by atoms with van der Waals surface area (Å²) >= 11 is 0. The first-order chi connectivity index (χ1) is 14.4. The van der Waals surface area contributed by atoms with Gasteiger partial charge in [0.25, 0.3) is 5.56 Å². The Balaban J connectivity index is 1.61. The third kappa shape index (κ3) is 2.74. The second-order valence-corrected chi connectivity index (χ2v) is 8.07. The van der Waals surface area contributed by atoms with Gasteiger partial charge in [0.05, 0.1) is 10.9 Å². The van der Waals surface area contributed by atoms with E-state index in [1.165, 1.54) is 0 Å². The Labute approximate surface area is 171 Å². The molecule has 2 aromatic heterocycles. The number of ether oxygens (including phenoxy) is 1. The van der Waals surface area contributed by atoms with Crippen molar-refractivity contribution in [2.24, 2.45) is 0 Å². The van der Waals surface area contributed by atoms with Crippen molar-refractivity contribution in [3.05, 3.63) is 80.6 Å². The van der Waals surface area contributed by atoms with Gasteiger partial charge >= 0.3 is 5.69 Å². The Morgan fingerprint density at radius 2 is 1.93 bits per heavy atom. The molecule has 0 saturated heterocycles. The first kappa shape index (κ1) is 18.3. The number of benzene rings is 2. The predicted molar refractivity (Wildman–Crippen MR) is 115 cm³/mol. The summed E-state index contributed by atoms with van der Waals surface area (Å²) in [5.41, 5.74) is 1.45. The maximum Gasteiger partial charge on any atom is 0.364 e. The first-order valence-electron chi connectivity index (χ1n) is 9.81. The molecule has 0 radical (unpaired) electrons. The van der Waals surface area contributed by atoms with Crippen LogP contribution in [0.4, 0.5) is 0 Å². The van der Waals surface area contributed by atoms with Crippen molar-refractivity contribution in [1.29, 1.82) is 0 Å². The first-order valence-corrected chi connectivity index (χ1v) is 9.81. The minimum Gasteiger partial charge on any atom is -0.482 e. The summed E-state index contributed by atoms with van der Waals surface area (Å²) in [7, 11) is 0. The van der Waals surface area contributed by atoms with Gasteiger partial charge in [0.2, 0.25) is 0 Å². The zero-order valence-electron chi connectivity index (χ0n) is 16.7. The smallest absolute Gasteiger partial charge is 0.364 e. The summed E-state index contributed by atoms with van der Waals surface area (Å²) in [6.45, 7) is 4.13. The number of hydrogen-bond acceptors (Lipinski definition) is 4. The highest BCUT2D eigenvalue weighted by molar-refractivity contribution is 5.92. The van der Waals surface area contributed by atoms with Crippen molar-refractivity contribution in [2.45, 2.75) is 32.4 Å². The van der Waals surface area contributed by atoms with Crippen LogP contribution in [-0.2, 0) is 13.0 Å². The summed E-state index contributed by atoms with van der Waals surface area (Å²) in [5.74, 6) is 0.793. The van der Waals surface area contributed by atoms with Gasteiger partial charge in [-0.25, -0.2) is 4.79 Å². The molecule has 0 amide bonds. The van der Waals surface area contributed by atoms with Gasteiger partial charge in [0.15, 0.2) is 0 Å². The highest BCUT2D eigenvalue weighted by atomic mass is 16.5. The molecule has 4 aromatic rings. The van der Waals surface area contributed by atoms with Gasteiger partial charge in [0, 0.05) is 29.2 Å². The van der Waals surface area contributed by atoms with Crippen LogP contribution in [0.15, 0.2) is 58.3 Å². The number of fused-ring (bicyclic) bond motifs is 4. The number of aryl methyl sites for hydroxylation is 1. The molecule has 7 heteroatoms. The molecule has 152 valence electrons. The van der Waals surface area contributed by atoms with Crippen LogP contribution >= 0.6 is 0 Å². The molecule has 30 heavy (non-hydrogen) atoms. The Morgan fingerprint density at radius 1 is 1.13 bits per heavy atom. The maximum atomic E-state index is 12.9. The molecule has 1 aliphatic heterocycles. The van der Waals surface area contributed by atoms with E-state index in [0.717, 1.165) is 32.3 Å². The van der Waals surface area contributed by atoms with E-state index in [1.54, 1.807) is 24.3 Å². The average molecular weight is 403 g/mol. The molecular formula is C23H21N3O4. The van der Waals surface area contributed by atoms with E-state index in [1.807, 2.05) is 44.3 Å². The van der Waals surface area contributed by atoms with Crippen LogP contribution in [0.5, 0.6) is 5.75 Å². The average Bonchev–Trinajstić information content (AvgIpc) is 3.20. The van der Waals surface area contributed by atoms with Crippen molar-refractivity contribution in [2.75, 3.05) is 0 Å². The van der Waals surface area contributed by atoms with Crippen LogP contribution in [-0.4, -0.2) is 25.1 Å². The van der Waals surface area contributed by atoms with Gasteiger partial charge in [-0.1, -0.05) is 18.2 Å². The normalized spacial score (nSPS) is 14.7. The fraction of sp³-hybridized carbons (Fsp3) is 0.217. The molecule has 0 aliphatic carbocycles. The Hall–Kier alpha value is -3.74. The number of aromatic nitrogens is 3. The van der Waals surface area contributed by atoms with Gasteiger partial charge in [-0.15, -0.1) is 4.73 Å². The van der Waals surface area contributed by atoms with E-state index in [9.17, 15) is 14.8 Å². The van der Waals surface area contributed by atoms with E-state index in [2.05, 4.69) is 4.98 Å². The van der Waals surface area contributed by atoms with Crippen LogP contribution in [0.25, 0.3) is 27.9 Å². The molecule has 0 bridgehead atoms. The lowest BCUT2D eigenvalue weighted by Gasteiger charge is -2.29. The largest absolute Gasteiger partial charge is 0.482 e. The lowest BCUT2D eigenvalue weighted by molar-refractivity contribution is 0.161. The third-order valence-electron chi connectivity index (χ3n) is 5.57. The van der Waals surface area contributed by atoms with E-state index in [-0.39, 0.29) is 12.1 Å². The van der Waals surface area contributed by atoms with Crippen LogP contribution in [0.3, 0.4) is 0 Å². The van der Waals surface area contributed by atoms with Crippen LogP contribution in [0.1, 0.15) is 25.0 Å². The highest BCUT2D eigenvalue weighted by Gasteiger charge is 2.25. The quantitative estimate of drug-likeness (QED) is 0.514. The van der Waals surface area contributed by atoms with Crippen LogP contribution < -0.4 is 16.0 Å². The van der Waals surface area contributed by atoms with Crippen molar-refractivity contribution in [3.8, 4) is 5.75 Å². The van der Waals surface area contributed by atoms with Gasteiger partial charge < -0.3 is 14.9 Å². The standard InChI is InChI=1S/C23H21N3O4/c1-23(2)10-7-15-14(13-18-16(8-11-24-18)20(15)30-23)9-12-25-21(27)17-5-3-4-6-19(17)26(29)22(25)28/h3-8,10-11,13,24,29H,9,12H2,1-2H3. The zero-order valence-corrected chi connectivity index (χ0v) is 16.7. The van der Waals surface area contributed by atoms with Crippen molar-refractivity contribution < 1.29 is 9.94 Å². The van der Waals surface area contributed by atoms with Crippen LogP contribution in [0, 0.1) is 0 Å². The molecule has 2 aromatic carbocycles. The number of aromatic amines is 1. The lowest BCUT2D eigenvalue weighted by atomic mass is 9.95. The van der Waals surface area contributed by atoms with Gasteiger partial charge in [-0.2, -0.15) is 0 Å². The summed E-state index contributed by atoms with van der Waals surface area (Å²) in [5, 5.41) is 11.5. The Bertz CT molecular complexity index is 1450. The van der Waals surface area contributed by atoms with Gasteiger partial charge in [-0.3, -0.25) is 9.36 Å². The van der Waals surface area contributed by atoms with E-state index in [4.69, 9.17) is 4.74 Å². The molecular weight excluding hydrogens is 382 g/mol. The van der Waals surface area contributed by atoms with Gasteiger partial charge in [-0.05, 0) is 56.2 Å². The molecule has 0 saturated carbocycles. The number of nitrogens with zero attached hydrogens (tertiary/aromatic N) is 2. The monoisotopic (exact) mass is 403 g/mol. The van der Waals surface area contributed by atoms with Crippen molar-refractivity contribution in [3.63, 3.8) is 0 Å². The number of nitrogens with one attached hydrogen (secondary N) is 1. The molecule has 3 heterocycles.